The van der Waals surface area contributed by atoms with Crippen molar-refractivity contribution in [2.45, 2.75) is 38.2 Å². The lowest BCUT2D eigenvalue weighted by atomic mass is 9.89. The van der Waals surface area contributed by atoms with Gasteiger partial charge in [-0.2, -0.15) is 0 Å². The van der Waals surface area contributed by atoms with E-state index < -0.39 is 6.10 Å². The van der Waals surface area contributed by atoms with Gasteiger partial charge >= 0.3 is 0 Å². The Kier molecular flexibility index (Phi) is 3.66. The van der Waals surface area contributed by atoms with Crippen molar-refractivity contribution in [2.24, 2.45) is 0 Å². The quantitative estimate of drug-likeness (QED) is 0.783. The summed E-state index contributed by atoms with van der Waals surface area (Å²) in [5.41, 5.74) is 4.18. The van der Waals surface area contributed by atoms with Crippen LogP contribution >= 0.6 is 11.6 Å². The molecule has 1 nitrogen and oxygen atoms in total. The van der Waals surface area contributed by atoms with Crippen LogP contribution in [-0.4, -0.2) is 17.1 Å². The molecular weight excluding hydrogens is 208 g/mol. The molecule has 1 N–H and O–H groups in total. The maximum absolute atomic E-state index is 9.48. The number of alkyl halides is 1. The normalized spacial score (nSPS) is 17.2. The number of hydrogen-bond acceptors (Lipinski definition) is 1. The van der Waals surface area contributed by atoms with Crippen LogP contribution < -0.4 is 0 Å². The van der Waals surface area contributed by atoms with Crippen LogP contribution in [0.15, 0.2) is 18.2 Å². The minimum absolute atomic E-state index is 0.317. The van der Waals surface area contributed by atoms with Gasteiger partial charge in [0.15, 0.2) is 0 Å². The van der Waals surface area contributed by atoms with E-state index in [0.29, 0.717) is 12.3 Å². The summed E-state index contributed by atoms with van der Waals surface area (Å²) in [6.07, 6.45) is 5.30. The monoisotopic (exact) mass is 224 g/mol. The lowest BCUT2D eigenvalue weighted by Crippen LogP contribution is -2.12. The predicted molar refractivity (Wildman–Crippen MR) is 63.5 cm³/mol. The molecule has 0 saturated carbocycles. The fourth-order valence-corrected chi connectivity index (χ4v) is 2.35. The lowest BCUT2D eigenvalue weighted by Gasteiger charge is -2.17. The van der Waals surface area contributed by atoms with Gasteiger partial charge in [-0.3, -0.25) is 0 Å². The molecule has 0 fully saturated rings. The Morgan fingerprint density at radius 3 is 2.67 bits per heavy atom. The topological polar surface area (TPSA) is 20.2 Å². The van der Waals surface area contributed by atoms with E-state index in [1.165, 1.54) is 42.4 Å². The Morgan fingerprint density at radius 1 is 1.20 bits per heavy atom. The first-order chi connectivity index (χ1) is 7.29. The summed E-state index contributed by atoms with van der Waals surface area (Å²) in [7, 11) is 0. The molecule has 1 unspecified atom stereocenters. The third-order valence-electron chi connectivity index (χ3n) is 3.06. The van der Waals surface area contributed by atoms with Crippen LogP contribution in [0.2, 0.25) is 0 Å². The molecule has 1 aliphatic rings. The molecule has 2 heteroatoms. The molecule has 0 aromatic heterocycles. The Balaban J connectivity index is 2.13. The number of aliphatic hydroxyl groups excluding tert-OH is 1. The minimum Gasteiger partial charge on any atom is -0.392 e. The fraction of sp³-hybridized carbons (Fsp3) is 0.538. The molecule has 82 valence electrons. The molecule has 1 aliphatic carbocycles. The van der Waals surface area contributed by atoms with Gasteiger partial charge in [0.25, 0.3) is 0 Å². The van der Waals surface area contributed by atoms with Crippen LogP contribution in [0.4, 0.5) is 0 Å². The largest absolute Gasteiger partial charge is 0.392 e. The van der Waals surface area contributed by atoms with E-state index in [2.05, 4.69) is 18.2 Å². The molecule has 0 heterocycles. The van der Waals surface area contributed by atoms with Gasteiger partial charge in [-0.05, 0) is 48.8 Å². The van der Waals surface area contributed by atoms with E-state index in [4.69, 9.17) is 11.6 Å². The Hall–Kier alpha value is -0.530. The Morgan fingerprint density at radius 2 is 1.93 bits per heavy atom. The maximum Gasteiger partial charge on any atom is 0.0715 e. The second-order valence-electron chi connectivity index (χ2n) is 4.32. The highest BCUT2D eigenvalue weighted by Gasteiger charge is 2.10. The highest BCUT2D eigenvalue weighted by atomic mass is 35.5. The molecule has 15 heavy (non-hydrogen) atoms. The predicted octanol–water partition coefficient (Wildman–Crippen LogP) is 2.71. The zero-order valence-corrected chi connectivity index (χ0v) is 9.63. The number of halogens is 1. The molecule has 1 atom stereocenters. The van der Waals surface area contributed by atoms with Crippen molar-refractivity contribution in [3.8, 4) is 0 Å². The summed E-state index contributed by atoms with van der Waals surface area (Å²) in [6.45, 7) is 0. The average molecular weight is 225 g/mol. The van der Waals surface area contributed by atoms with Crippen molar-refractivity contribution in [2.75, 3.05) is 5.88 Å². The molecule has 0 radical (unpaired) electrons. The molecule has 0 bridgehead atoms. The second-order valence-corrected chi connectivity index (χ2v) is 4.63. The standard InChI is InChI=1S/C13H17ClO/c14-9-13(15)8-10-5-6-11-3-1-2-4-12(11)7-10/h5-7,13,15H,1-4,8-9H2. The number of aliphatic hydroxyl groups is 1. The van der Waals surface area contributed by atoms with E-state index in [1.807, 2.05) is 0 Å². The average Bonchev–Trinajstić information content (AvgIpc) is 2.29. The van der Waals surface area contributed by atoms with E-state index in [-0.39, 0.29) is 0 Å². The smallest absolute Gasteiger partial charge is 0.0715 e. The van der Waals surface area contributed by atoms with Crippen molar-refractivity contribution < 1.29 is 5.11 Å². The van der Waals surface area contributed by atoms with Crippen LogP contribution in [-0.2, 0) is 19.3 Å². The van der Waals surface area contributed by atoms with Gasteiger partial charge in [-0.15, -0.1) is 11.6 Å². The van der Waals surface area contributed by atoms with E-state index in [1.54, 1.807) is 0 Å². The van der Waals surface area contributed by atoms with Gasteiger partial charge in [-0.1, -0.05) is 18.2 Å². The molecule has 1 aromatic rings. The van der Waals surface area contributed by atoms with E-state index in [9.17, 15) is 5.11 Å². The van der Waals surface area contributed by atoms with E-state index in [0.717, 1.165) is 0 Å². The zero-order valence-electron chi connectivity index (χ0n) is 8.88. The van der Waals surface area contributed by atoms with Crippen molar-refractivity contribution in [3.63, 3.8) is 0 Å². The van der Waals surface area contributed by atoms with Gasteiger partial charge < -0.3 is 5.11 Å². The highest BCUT2D eigenvalue weighted by molar-refractivity contribution is 6.18. The molecule has 1 aromatic carbocycles. The fourth-order valence-electron chi connectivity index (χ4n) is 2.24. The zero-order chi connectivity index (χ0) is 10.7. The third kappa shape index (κ3) is 2.73. The highest BCUT2D eigenvalue weighted by Crippen LogP contribution is 2.22. The first-order valence-electron chi connectivity index (χ1n) is 5.64. The number of hydrogen-bond donors (Lipinski definition) is 1. The summed E-state index contributed by atoms with van der Waals surface area (Å²) in [5, 5.41) is 9.48. The first kappa shape index (κ1) is 11.0. The van der Waals surface area contributed by atoms with Gasteiger partial charge in [0.1, 0.15) is 0 Å². The molecule has 0 amide bonds. The van der Waals surface area contributed by atoms with E-state index >= 15 is 0 Å². The van der Waals surface area contributed by atoms with Crippen LogP contribution in [0.25, 0.3) is 0 Å². The molecule has 0 spiro atoms. The van der Waals surface area contributed by atoms with Crippen LogP contribution in [0.3, 0.4) is 0 Å². The van der Waals surface area contributed by atoms with Crippen LogP contribution in [0, 0.1) is 0 Å². The summed E-state index contributed by atoms with van der Waals surface area (Å²) < 4.78 is 0. The van der Waals surface area contributed by atoms with Gasteiger partial charge in [0, 0.05) is 5.88 Å². The van der Waals surface area contributed by atoms with Crippen molar-refractivity contribution in [1.29, 1.82) is 0 Å². The number of rotatable bonds is 3. The van der Waals surface area contributed by atoms with Crippen molar-refractivity contribution >= 4 is 11.6 Å². The van der Waals surface area contributed by atoms with Crippen molar-refractivity contribution in [3.05, 3.63) is 34.9 Å². The lowest BCUT2D eigenvalue weighted by molar-refractivity contribution is 0.198. The maximum atomic E-state index is 9.48. The van der Waals surface area contributed by atoms with Crippen LogP contribution in [0.1, 0.15) is 29.5 Å². The molecule has 0 saturated heterocycles. The molecule has 2 rings (SSSR count). The van der Waals surface area contributed by atoms with Crippen LogP contribution in [0.5, 0.6) is 0 Å². The SMILES string of the molecule is OC(CCl)Cc1ccc2c(c1)CCCC2. The third-order valence-corrected chi connectivity index (χ3v) is 3.42. The summed E-state index contributed by atoms with van der Waals surface area (Å²) in [5.74, 6) is 0.317. The number of benzene rings is 1. The number of fused-ring (bicyclic) bond motifs is 1. The second kappa shape index (κ2) is 5.00. The summed E-state index contributed by atoms with van der Waals surface area (Å²) in [6, 6.07) is 6.58. The van der Waals surface area contributed by atoms with Gasteiger partial charge in [0.05, 0.1) is 6.10 Å². The first-order valence-corrected chi connectivity index (χ1v) is 6.18. The Labute approximate surface area is 96.1 Å². The van der Waals surface area contributed by atoms with Gasteiger partial charge in [0.2, 0.25) is 0 Å². The number of aryl methyl sites for hydroxylation is 2. The molecular formula is C13H17ClO. The summed E-state index contributed by atoms with van der Waals surface area (Å²) in [4.78, 5) is 0. The Bertz CT molecular complexity index is 335. The van der Waals surface area contributed by atoms with Gasteiger partial charge in [-0.25, -0.2) is 0 Å². The minimum atomic E-state index is -0.409. The molecule has 0 aliphatic heterocycles. The summed E-state index contributed by atoms with van der Waals surface area (Å²) >= 11 is 5.60. The van der Waals surface area contributed by atoms with Crippen molar-refractivity contribution in [1.82, 2.24) is 0 Å².